The Morgan fingerprint density at radius 1 is 0.929 bits per heavy atom. The van der Waals surface area contributed by atoms with E-state index in [0.717, 1.165) is 50.2 Å². The van der Waals surface area contributed by atoms with Crippen molar-refractivity contribution in [2.24, 2.45) is 0 Å². The van der Waals surface area contributed by atoms with E-state index in [0.29, 0.717) is 37.2 Å². The normalized spacial score (nSPS) is 17.1. The lowest BCUT2D eigenvalue weighted by Gasteiger charge is -2.34. The highest BCUT2D eigenvalue weighted by atomic mass is 19.4. The van der Waals surface area contributed by atoms with Crippen LogP contribution in [0.2, 0.25) is 0 Å². The van der Waals surface area contributed by atoms with Gasteiger partial charge in [-0.05, 0) is 73.0 Å². The predicted octanol–water partition coefficient (Wildman–Crippen LogP) is 6.16. The number of benzene rings is 3. The van der Waals surface area contributed by atoms with Crippen LogP contribution in [0.3, 0.4) is 0 Å². The molecule has 2 aliphatic rings. The number of hydrogen-bond donors (Lipinski definition) is 1. The van der Waals surface area contributed by atoms with Gasteiger partial charge in [-0.15, -0.1) is 0 Å². The van der Waals surface area contributed by atoms with Crippen molar-refractivity contribution in [3.63, 3.8) is 0 Å². The van der Waals surface area contributed by atoms with E-state index in [9.17, 15) is 22.4 Å². The summed E-state index contributed by atoms with van der Waals surface area (Å²) in [5, 5.41) is 12.0. The van der Waals surface area contributed by atoms with E-state index in [1.807, 2.05) is 29.2 Å². The molecule has 0 bridgehead atoms. The molecule has 5 rings (SSSR count). The van der Waals surface area contributed by atoms with Crippen LogP contribution in [0.4, 0.5) is 23.2 Å². The number of nitrogens with zero attached hydrogens (tertiary/aromatic N) is 3. The number of likely N-dealkylation sites (tertiary alicyclic amines) is 1. The average molecular weight is 581 g/mol. The van der Waals surface area contributed by atoms with Crippen molar-refractivity contribution in [3.8, 4) is 11.8 Å². The minimum Gasteiger partial charge on any atom is -0.487 e. The van der Waals surface area contributed by atoms with E-state index in [2.05, 4.69) is 16.3 Å². The number of halogens is 4. The summed E-state index contributed by atoms with van der Waals surface area (Å²) < 4.78 is 59.3. The molecular weight excluding hydrogens is 548 g/mol. The van der Waals surface area contributed by atoms with Crippen LogP contribution in [0.5, 0.6) is 5.75 Å². The first-order valence-corrected chi connectivity index (χ1v) is 14.1. The molecule has 0 unspecified atom stereocenters. The number of carbonyl (C=O) groups is 1. The minimum atomic E-state index is -4.37. The highest BCUT2D eigenvalue weighted by Gasteiger charge is 2.30. The molecule has 2 saturated heterocycles. The number of ether oxygens (including phenoxy) is 1. The number of nitrogens with one attached hydrogen (secondary N) is 1. The Balaban J connectivity index is 1.07. The molecule has 0 saturated carbocycles. The molecule has 0 aliphatic carbocycles. The summed E-state index contributed by atoms with van der Waals surface area (Å²) in [6, 6.07) is 19.0. The molecule has 3 aromatic rings. The fraction of sp³-hybridized carbons (Fsp3) is 0.375. The van der Waals surface area contributed by atoms with Crippen molar-refractivity contribution in [1.29, 1.82) is 5.26 Å². The SMILES string of the molecule is N#Cc1ccc(CN2CCC(NC(=O)c3ccc(OC4CCN(c5ccc(C(F)(F)F)cc5)CC4)c(F)c3)CC2)cc1. The van der Waals surface area contributed by atoms with E-state index in [4.69, 9.17) is 10.00 Å². The number of hydrogen-bond acceptors (Lipinski definition) is 5. The Hall–Kier alpha value is -4.10. The largest absolute Gasteiger partial charge is 0.487 e. The number of alkyl halides is 3. The molecule has 2 aliphatic heterocycles. The predicted molar refractivity (Wildman–Crippen MR) is 151 cm³/mol. The molecule has 0 atom stereocenters. The highest BCUT2D eigenvalue weighted by Crippen LogP contribution is 2.31. The Morgan fingerprint density at radius 2 is 1.60 bits per heavy atom. The number of amides is 1. The molecule has 2 heterocycles. The molecule has 42 heavy (non-hydrogen) atoms. The molecule has 1 amide bonds. The molecule has 220 valence electrons. The molecule has 10 heteroatoms. The molecule has 0 spiro atoms. The third-order valence-electron chi connectivity index (χ3n) is 7.90. The van der Waals surface area contributed by atoms with Crippen molar-refractivity contribution in [3.05, 3.63) is 94.8 Å². The molecular formula is C32H32F4N4O2. The fourth-order valence-corrected chi connectivity index (χ4v) is 5.46. The second-order valence-corrected chi connectivity index (χ2v) is 10.8. The Bertz CT molecular complexity index is 1400. The maximum Gasteiger partial charge on any atom is 0.416 e. The zero-order valence-corrected chi connectivity index (χ0v) is 23.0. The van der Waals surface area contributed by atoms with Gasteiger partial charge in [-0.2, -0.15) is 18.4 Å². The maximum atomic E-state index is 14.9. The van der Waals surface area contributed by atoms with Gasteiger partial charge in [-0.3, -0.25) is 9.69 Å². The van der Waals surface area contributed by atoms with Gasteiger partial charge in [0.25, 0.3) is 5.91 Å². The third-order valence-corrected chi connectivity index (χ3v) is 7.90. The quantitative estimate of drug-likeness (QED) is 0.339. The van der Waals surface area contributed by atoms with Crippen LogP contribution in [0.25, 0.3) is 0 Å². The summed E-state index contributed by atoms with van der Waals surface area (Å²) in [5.74, 6) is -0.850. The summed E-state index contributed by atoms with van der Waals surface area (Å²) in [6.45, 7) is 3.58. The van der Waals surface area contributed by atoms with Crippen LogP contribution >= 0.6 is 0 Å². The summed E-state index contributed by atoms with van der Waals surface area (Å²) in [6.07, 6.45) is -1.85. The van der Waals surface area contributed by atoms with Gasteiger partial charge in [0.05, 0.1) is 17.2 Å². The smallest absolute Gasteiger partial charge is 0.416 e. The second-order valence-electron chi connectivity index (χ2n) is 10.8. The summed E-state index contributed by atoms with van der Waals surface area (Å²) >= 11 is 0. The summed E-state index contributed by atoms with van der Waals surface area (Å²) in [7, 11) is 0. The maximum absolute atomic E-state index is 14.9. The first-order chi connectivity index (χ1) is 20.2. The lowest BCUT2D eigenvalue weighted by molar-refractivity contribution is -0.137. The number of rotatable bonds is 7. The van der Waals surface area contributed by atoms with Gasteiger partial charge in [0.15, 0.2) is 11.6 Å². The van der Waals surface area contributed by atoms with Gasteiger partial charge in [0.2, 0.25) is 0 Å². The summed E-state index contributed by atoms with van der Waals surface area (Å²) in [4.78, 5) is 17.1. The Labute approximate surface area is 242 Å². The van der Waals surface area contributed by atoms with Crippen molar-refractivity contribution >= 4 is 11.6 Å². The monoisotopic (exact) mass is 580 g/mol. The molecule has 6 nitrogen and oxygen atoms in total. The molecule has 1 N–H and O–H groups in total. The average Bonchev–Trinajstić information content (AvgIpc) is 2.99. The molecule has 0 radical (unpaired) electrons. The molecule has 3 aromatic carbocycles. The van der Waals surface area contributed by atoms with E-state index in [1.54, 1.807) is 6.07 Å². The zero-order chi connectivity index (χ0) is 29.7. The fourth-order valence-electron chi connectivity index (χ4n) is 5.46. The Kier molecular flexibility index (Phi) is 8.97. The lowest BCUT2D eigenvalue weighted by atomic mass is 10.0. The van der Waals surface area contributed by atoms with Crippen LogP contribution in [0.15, 0.2) is 66.7 Å². The van der Waals surface area contributed by atoms with E-state index < -0.39 is 17.6 Å². The van der Waals surface area contributed by atoms with Crippen molar-refractivity contribution in [2.45, 2.75) is 50.6 Å². The number of piperidine rings is 2. The Morgan fingerprint density at radius 3 is 2.19 bits per heavy atom. The standard InChI is InChI=1S/C32H32F4N4O2/c33-29-19-24(31(41)38-26-11-15-39(16-12-26)21-23-3-1-22(20-37)2-4-23)5-10-30(29)42-28-13-17-40(18-14-28)27-8-6-25(7-9-27)32(34,35)36/h1-10,19,26,28H,11-18,21H2,(H,38,41). The van der Waals surface area contributed by atoms with Crippen LogP contribution in [-0.4, -0.2) is 49.1 Å². The van der Waals surface area contributed by atoms with Crippen LogP contribution in [0.1, 0.15) is 52.7 Å². The van der Waals surface area contributed by atoms with Gasteiger partial charge in [-0.25, -0.2) is 4.39 Å². The van der Waals surface area contributed by atoms with Gasteiger partial charge in [-0.1, -0.05) is 12.1 Å². The van der Waals surface area contributed by atoms with Gasteiger partial charge in [0, 0.05) is 62.9 Å². The number of anilines is 1. The first-order valence-electron chi connectivity index (χ1n) is 14.1. The van der Waals surface area contributed by atoms with Crippen molar-refractivity contribution in [2.75, 3.05) is 31.1 Å². The number of nitriles is 1. The van der Waals surface area contributed by atoms with Crippen LogP contribution < -0.4 is 15.0 Å². The van der Waals surface area contributed by atoms with Crippen molar-refractivity contribution in [1.82, 2.24) is 10.2 Å². The van der Waals surface area contributed by atoms with E-state index in [-0.39, 0.29) is 29.4 Å². The molecule has 0 aromatic heterocycles. The van der Waals surface area contributed by atoms with Gasteiger partial charge in [0.1, 0.15) is 6.10 Å². The van der Waals surface area contributed by atoms with E-state index in [1.165, 1.54) is 24.3 Å². The third kappa shape index (κ3) is 7.39. The van der Waals surface area contributed by atoms with Crippen molar-refractivity contribution < 1.29 is 27.1 Å². The zero-order valence-electron chi connectivity index (χ0n) is 23.0. The number of carbonyl (C=O) groups excluding carboxylic acids is 1. The van der Waals surface area contributed by atoms with Crippen LogP contribution in [0, 0.1) is 17.1 Å². The second kappa shape index (κ2) is 12.8. The summed E-state index contributed by atoms with van der Waals surface area (Å²) in [5.41, 5.74) is 2.03. The first kappa shape index (κ1) is 29.4. The topological polar surface area (TPSA) is 68.6 Å². The van der Waals surface area contributed by atoms with Crippen LogP contribution in [-0.2, 0) is 12.7 Å². The molecule has 2 fully saturated rings. The minimum absolute atomic E-state index is 0.00329. The van der Waals surface area contributed by atoms with E-state index >= 15 is 0 Å². The lowest BCUT2D eigenvalue weighted by Crippen LogP contribution is -2.44. The highest BCUT2D eigenvalue weighted by molar-refractivity contribution is 5.94. The van der Waals surface area contributed by atoms with Gasteiger partial charge < -0.3 is 15.0 Å². The van der Waals surface area contributed by atoms with Gasteiger partial charge >= 0.3 is 6.18 Å².